The molecule has 1 saturated heterocycles. The Morgan fingerprint density at radius 1 is 1.22 bits per heavy atom. The molecule has 1 aliphatic carbocycles. The second-order valence-electron chi connectivity index (χ2n) is 7.31. The van der Waals surface area contributed by atoms with Gasteiger partial charge in [-0.15, -0.1) is 0 Å². The van der Waals surface area contributed by atoms with Gasteiger partial charge in [0.05, 0.1) is 6.10 Å². The molecule has 2 aliphatic rings. The van der Waals surface area contributed by atoms with Crippen molar-refractivity contribution in [3.63, 3.8) is 0 Å². The van der Waals surface area contributed by atoms with Crippen molar-refractivity contribution in [1.29, 1.82) is 0 Å². The van der Waals surface area contributed by atoms with Gasteiger partial charge in [0.2, 0.25) is 0 Å². The van der Waals surface area contributed by atoms with Crippen LogP contribution in [0.15, 0.2) is 0 Å². The lowest BCUT2D eigenvalue weighted by Crippen LogP contribution is -2.33. The highest BCUT2D eigenvalue weighted by Crippen LogP contribution is 2.31. The van der Waals surface area contributed by atoms with Crippen molar-refractivity contribution < 1.29 is 4.74 Å². The van der Waals surface area contributed by atoms with Crippen LogP contribution in [0.2, 0.25) is 0 Å². The van der Waals surface area contributed by atoms with E-state index in [1.54, 1.807) is 0 Å². The molecule has 2 heteroatoms. The van der Waals surface area contributed by atoms with E-state index in [0.717, 1.165) is 18.6 Å². The predicted molar refractivity (Wildman–Crippen MR) is 76.8 cm³/mol. The first-order valence-corrected chi connectivity index (χ1v) is 7.90. The summed E-state index contributed by atoms with van der Waals surface area (Å²) >= 11 is 0. The Balaban J connectivity index is 1.66. The molecule has 2 nitrogen and oxygen atoms in total. The fourth-order valence-electron chi connectivity index (χ4n) is 2.90. The molecule has 2 fully saturated rings. The summed E-state index contributed by atoms with van der Waals surface area (Å²) in [7, 11) is 0. The number of hydrogen-bond donors (Lipinski definition) is 1. The highest BCUT2D eigenvalue weighted by Gasteiger charge is 2.28. The van der Waals surface area contributed by atoms with Crippen LogP contribution in [0.1, 0.15) is 65.7 Å². The Labute approximate surface area is 113 Å². The molecular weight excluding hydrogens is 222 g/mol. The molecule has 2 atom stereocenters. The van der Waals surface area contributed by atoms with Gasteiger partial charge in [0, 0.05) is 12.6 Å². The average molecular weight is 253 g/mol. The third kappa shape index (κ3) is 4.89. The molecule has 0 bridgehead atoms. The first-order valence-electron chi connectivity index (χ1n) is 7.90. The van der Waals surface area contributed by atoms with Crippen LogP contribution in [0.5, 0.6) is 0 Å². The van der Waals surface area contributed by atoms with E-state index >= 15 is 0 Å². The molecule has 1 saturated carbocycles. The lowest BCUT2D eigenvalue weighted by molar-refractivity contribution is 0.0975. The third-order valence-corrected chi connectivity index (χ3v) is 4.56. The van der Waals surface area contributed by atoms with E-state index < -0.39 is 0 Å². The minimum absolute atomic E-state index is 0.429. The molecule has 0 amide bonds. The molecule has 2 unspecified atom stereocenters. The summed E-state index contributed by atoms with van der Waals surface area (Å²) < 4.78 is 5.71. The van der Waals surface area contributed by atoms with Crippen LogP contribution >= 0.6 is 0 Å². The van der Waals surface area contributed by atoms with E-state index in [9.17, 15) is 0 Å². The maximum Gasteiger partial charge on any atom is 0.0576 e. The molecule has 2 rings (SSSR count). The molecule has 0 radical (unpaired) electrons. The van der Waals surface area contributed by atoms with E-state index in [2.05, 4.69) is 26.1 Å². The van der Waals surface area contributed by atoms with E-state index in [1.165, 1.54) is 51.5 Å². The summed E-state index contributed by atoms with van der Waals surface area (Å²) in [6, 6.07) is 0.841. The van der Waals surface area contributed by atoms with Crippen LogP contribution < -0.4 is 5.32 Å². The summed E-state index contributed by atoms with van der Waals surface area (Å²) in [6.45, 7) is 9.37. The number of nitrogens with one attached hydrogen (secondary N) is 1. The Morgan fingerprint density at radius 2 is 2.00 bits per heavy atom. The third-order valence-electron chi connectivity index (χ3n) is 4.56. The minimum Gasteiger partial charge on any atom is -0.378 e. The smallest absolute Gasteiger partial charge is 0.0576 e. The Bertz CT molecular complexity index is 236. The average Bonchev–Trinajstić information content (AvgIpc) is 2.97. The highest BCUT2D eigenvalue weighted by atomic mass is 16.5. The summed E-state index contributed by atoms with van der Waals surface area (Å²) in [5, 5.41) is 3.71. The van der Waals surface area contributed by atoms with Crippen LogP contribution in [-0.2, 0) is 4.74 Å². The van der Waals surface area contributed by atoms with Gasteiger partial charge in [-0.25, -0.2) is 0 Å². The molecule has 1 aliphatic heterocycles. The van der Waals surface area contributed by atoms with Crippen LogP contribution in [-0.4, -0.2) is 25.3 Å². The first-order chi connectivity index (χ1) is 8.55. The quantitative estimate of drug-likeness (QED) is 0.746. The molecule has 1 heterocycles. The van der Waals surface area contributed by atoms with Crippen molar-refractivity contribution in [3.8, 4) is 0 Å². The van der Waals surface area contributed by atoms with E-state index in [1.807, 2.05) is 0 Å². The molecule has 0 aromatic heterocycles. The van der Waals surface area contributed by atoms with Crippen LogP contribution in [0.25, 0.3) is 0 Å². The molecular formula is C16H31NO. The van der Waals surface area contributed by atoms with Gasteiger partial charge in [-0.1, -0.05) is 27.2 Å². The molecule has 18 heavy (non-hydrogen) atoms. The molecule has 0 aromatic rings. The van der Waals surface area contributed by atoms with Gasteiger partial charge in [0.25, 0.3) is 0 Å². The monoisotopic (exact) mass is 253 g/mol. The normalized spacial score (nSPS) is 26.5. The van der Waals surface area contributed by atoms with Crippen molar-refractivity contribution >= 4 is 0 Å². The van der Waals surface area contributed by atoms with Crippen molar-refractivity contribution in [2.75, 3.05) is 13.2 Å². The summed E-state index contributed by atoms with van der Waals surface area (Å²) in [6.07, 6.45) is 9.89. The van der Waals surface area contributed by atoms with Crippen LogP contribution in [0.3, 0.4) is 0 Å². The largest absolute Gasteiger partial charge is 0.378 e. The second kappa shape index (κ2) is 6.38. The SMILES string of the molecule is CC(C)(C)C(CCCC1CCCO1)CNC1CC1. The Kier molecular flexibility index (Phi) is 5.08. The second-order valence-corrected chi connectivity index (χ2v) is 7.31. The van der Waals surface area contributed by atoms with Gasteiger partial charge < -0.3 is 10.1 Å². The van der Waals surface area contributed by atoms with Gasteiger partial charge in [-0.3, -0.25) is 0 Å². The van der Waals surface area contributed by atoms with Crippen LogP contribution in [0.4, 0.5) is 0 Å². The fraction of sp³-hybridized carbons (Fsp3) is 1.00. The first kappa shape index (κ1) is 14.3. The van der Waals surface area contributed by atoms with E-state index in [0.29, 0.717) is 11.5 Å². The van der Waals surface area contributed by atoms with Crippen molar-refractivity contribution in [2.24, 2.45) is 11.3 Å². The predicted octanol–water partition coefficient (Wildman–Crippen LogP) is 3.75. The van der Waals surface area contributed by atoms with Gasteiger partial charge in [0.15, 0.2) is 0 Å². The van der Waals surface area contributed by atoms with E-state index in [4.69, 9.17) is 4.74 Å². The number of hydrogen-bond acceptors (Lipinski definition) is 2. The Hall–Kier alpha value is -0.0800. The minimum atomic E-state index is 0.429. The van der Waals surface area contributed by atoms with Gasteiger partial charge in [-0.2, -0.15) is 0 Å². The maximum atomic E-state index is 5.71. The molecule has 0 spiro atoms. The summed E-state index contributed by atoms with van der Waals surface area (Å²) in [4.78, 5) is 0. The van der Waals surface area contributed by atoms with Gasteiger partial charge in [-0.05, 0) is 56.4 Å². The topological polar surface area (TPSA) is 21.3 Å². The van der Waals surface area contributed by atoms with Crippen molar-refractivity contribution in [2.45, 2.75) is 77.9 Å². The van der Waals surface area contributed by atoms with Crippen molar-refractivity contribution in [3.05, 3.63) is 0 Å². The number of ether oxygens (including phenoxy) is 1. The standard InChI is InChI=1S/C16H31NO/c1-16(2,3)13(12-17-14-9-10-14)6-4-7-15-8-5-11-18-15/h13-15,17H,4-12H2,1-3H3. The zero-order valence-corrected chi connectivity index (χ0v) is 12.5. The summed E-state index contributed by atoms with van der Waals surface area (Å²) in [5.74, 6) is 0.805. The molecule has 1 N–H and O–H groups in total. The molecule has 0 aromatic carbocycles. The maximum absolute atomic E-state index is 5.71. The van der Waals surface area contributed by atoms with Crippen molar-refractivity contribution in [1.82, 2.24) is 5.32 Å². The van der Waals surface area contributed by atoms with Crippen LogP contribution in [0, 0.1) is 11.3 Å². The Morgan fingerprint density at radius 3 is 2.56 bits per heavy atom. The molecule has 106 valence electrons. The lowest BCUT2D eigenvalue weighted by Gasteiger charge is -2.31. The number of rotatable bonds is 7. The summed E-state index contributed by atoms with van der Waals surface area (Å²) in [5.41, 5.74) is 0.429. The lowest BCUT2D eigenvalue weighted by atomic mass is 9.77. The zero-order chi connectivity index (χ0) is 13.0. The fourth-order valence-corrected chi connectivity index (χ4v) is 2.90. The highest BCUT2D eigenvalue weighted by molar-refractivity contribution is 4.84. The zero-order valence-electron chi connectivity index (χ0n) is 12.5. The van der Waals surface area contributed by atoms with Gasteiger partial charge >= 0.3 is 0 Å². The van der Waals surface area contributed by atoms with E-state index in [-0.39, 0.29) is 0 Å². The van der Waals surface area contributed by atoms with Gasteiger partial charge in [0.1, 0.15) is 0 Å².